The molecule has 0 aliphatic heterocycles. The summed E-state index contributed by atoms with van der Waals surface area (Å²) in [6.45, 7) is 2.18. The fourth-order valence-corrected chi connectivity index (χ4v) is 2.39. The van der Waals surface area contributed by atoms with Crippen molar-refractivity contribution in [3.05, 3.63) is 33.8 Å². The van der Waals surface area contributed by atoms with Gasteiger partial charge in [-0.1, -0.05) is 61.9 Å². The molecule has 0 N–H and O–H groups in total. The van der Waals surface area contributed by atoms with Crippen molar-refractivity contribution < 1.29 is 0 Å². The summed E-state index contributed by atoms with van der Waals surface area (Å²) in [6.07, 6.45) is 5.56. The van der Waals surface area contributed by atoms with Gasteiger partial charge >= 0.3 is 0 Å². The molecule has 0 spiro atoms. The van der Waals surface area contributed by atoms with Crippen molar-refractivity contribution in [3.63, 3.8) is 0 Å². The summed E-state index contributed by atoms with van der Waals surface area (Å²) in [5.41, 5.74) is 0.898. The van der Waals surface area contributed by atoms with Gasteiger partial charge in [0.2, 0.25) is 0 Å². The number of nitrogens with zero attached hydrogens (tertiary/aromatic N) is 1. The van der Waals surface area contributed by atoms with Crippen LogP contribution in [0.1, 0.15) is 50.5 Å². The summed E-state index contributed by atoms with van der Waals surface area (Å²) in [4.78, 5) is 0. The number of rotatable bonds is 6. The van der Waals surface area contributed by atoms with Gasteiger partial charge in [-0.25, -0.2) is 0 Å². The quantitative estimate of drug-likeness (QED) is 0.620. The van der Waals surface area contributed by atoms with E-state index in [9.17, 15) is 5.26 Å². The first-order chi connectivity index (χ1) is 8.19. The van der Waals surface area contributed by atoms with Gasteiger partial charge in [0.05, 0.1) is 12.0 Å². The number of hydrogen-bond donors (Lipinski definition) is 0. The van der Waals surface area contributed by atoms with Gasteiger partial charge in [-0.15, -0.1) is 0 Å². The average molecular weight is 270 g/mol. The third-order valence-corrected chi connectivity index (χ3v) is 3.40. The lowest BCUT2D eigenvalue weighted by Crippen LogP contribution is -1.97. The molecule has 0 fully saturated rings. The van der Waals surface area contributed by atoms with Gasteiger partial charge in [0, 0.05) is 10.0 Å². The van der Waals surface area contributed by atoms with Crippen LogP contribution >= 0.6 is 23.2 Å². The van der Waals surface area contributed by atoms with Crippen LogP contribution in [0.25, 0.3) is 0 Å². The molecule has 1 atom stereocenters. The summed E-state index contributed by atoms with van der Waals surface area (Å²) < 4.78 is 0. The van der Waals surface area contributed by atoms with Crippen LogP contribution < -0.4 is 0 Å². The van der Waals surface area contributed by atoms with Crippen LogP contribution in [0, 0.1) is 11.3 Å². The highest BCUT2D eigenvalue weighted by Gasteiger charge is 2.13. The van der Waals surface area contributed by atoms with Gasteiger partial charge in [-0.3, -0.25) is 0 Å². The Bertz CT molecular complexity index is 396. The number of hydrogen-bond acceptors (Lipinski definition) is 1. The van der Waals surface area contributed by atoms with E-state index in [0.717, 1.165) is 18.4 Å². The molecular weight excluding hydrogens is 253 g/mol. The zero-order valence-electron chi connectivity index (χ0n) is 10.0. The minimum absolute atomic E-state index is 0.114. The van der Waals surface area contributed by atoms with Crippen molar-refractivity contribution in [2.24, 2.45) is 0 Å². The van der Waals surface area contributed by atoms with Crippen LogP contribution in [0.15, 0.2) is 18.2 Å². The molecule has 1 unspecified atom stereocenters. The zero-order valence-corrected chi connectivity index (χ0v) is 11.6. The Morgan fingerprint density at radius 3 is 2.59 bits per heavy atom. The Morgan fingerprint density at radius 2 is 2.00 bits per heavy atom. The van der Waals surface area contributed by atoms with Gasteiger partial charge in [0.25, 0.3) is 0 Å². The van der Waals surface area contributed by atoms with E-state index in [-0.39, 0.29) is 5.92 Å². The van der Waals surface area contributed by atoms with E-state index in [1.54, 1.807) is 12.1 Å². The number of nitriles is 1. The lowest BCUT2D eigenvalue weighted by Gasteiger charge is -2.11. The normalized spacial score (nSPS) is 12.1. The lowest BCUT2D eigenvalue weighted by atomic mass is 9.94. The number of unbranched alkanes of at least 4 members (excludes halogenated alkanes) is 3. The van der Waals surface area contributed by atoms with Gasteiger partial charge in [-0.05, 0) is 24.1 Å². The molecule has 0 amide bonds. The SMILES string of the molecule is CCCCCCC(C#N)c1ccc(Cl)cc1Cl. The Balaban J connectivity index is 2.64. The van der Waals surface area contributed by atoms with Crippen molar-refractivity contribution in [1.82, 2.24) is 0 Å². The maximum Gasteiger partial charge on any atom is 0.0727 e. The van der Waals surface area contributed by atoms with Crippen LogP contribution in [-0.4, -0.2) is 0 Å². The molecule has 0 saturated heterocycles. The second kappa shape index (κ2) is 7.58. The zero-order chi connectivity index (χ0) is 12.7. The average Bonchev–Trinajstić information content (AvgIpc) is 2.31. The summed E-state index contributed by atoms with van der Waals surface area (Å²) in [5, 5.41) is 10.4. The van der Waals surface area contributed by atoms with Crippen molar-refractivity contribution in [2.45, 2.75) is 44.9 Å². The predicted octanol–water partition coefficient (Wildman–Crippen LogP) is 5.57. The van der Waals surface area contributed by atoms with Gasteiger partial charge in [0.1, 0.15) is 0 Å². The minimum Gasteiger partial charge on any atom is -0.198 e. The highest BCUT2D eigenvalue weighted by Crippen LogP contribution is 2.30. The van der Waals surface area contributed by atoms with E-state index in [4.69, 9.17) is 23.2 Å². The minimum atomic E-state index is -0.114. The first kappa shape index (κ1) is 14.4. The fourth-order valence-electron chi connectivity index (χ4n) is 1.85. The van der Waals surface area contributed by atoms with Crippen LogP contribution in [0.3, 0.4) is 0 Å². The molecule has 17 heavy (non-hydrogen) atoms. The molecule has 1 aromatic rings. The standard InChI is InChI=1S/C14H17Cl2N/c1-2-3-4-5-6-11(10-17)13-8-7-12(15)9-14(13)16/h7-9,11H,2-6H2,1H3. The van der Waals surface area contributed by atoms with Crippen molar-refractivity contribution in [1.29, 1.82) is 5.26 Å². The van der Waals surface area contributed by atoms with Gasteiger partial charge in [0.15, 0.2) is 0 Å². The number of halogens is 2. The molecule has 0 heterocycles. The molecule has 0 aliphatic rings. The van der Waals surface area contributed by atoms with E-state index < -0.39 is 0 Å². The molecule has 0 saturated carbocycles. The van der Waals surface area contributed by atoms with Crippen molar-refractivity contribution >= 4 is 23.2 Å². The van der Waals surface area contributed by atoms with E-state index in [1.165, 1.54) is 19.3 Å². The molecule has 3 heteroatoms. The third kappa shape index (κ3) is 4.58. The summed E-state index contributed by atoms with van der Waals surface area (Å²) in [7, 11) is 0. The summed E-state index contributed by atoms with van der Waals surface area (Å²) in [6, 6.07) is 7.68. The smallest absolute Gasteiger partial charge is 0.0727 e. The predicted molar refractivity (Wildman–Crippen MR) is 73.6 cm³/mol. The van der Waals surface area contributed by atoms with Crippen molar-refractivity contribution in [3.8, 4) is 6.07 Å². The molecule has 0 aliphatic carbocycles. The van der Waals surface area contributed by atoms with Crippen LogP contribution in [0.5, 0.6) is 0 Å². The second-order valence-corrected chi connectivity index (χ2v) is 5.04. The largest absolute Gasteiger partial charge is 0.198 e. The molecule has 92 valence electrons. The Kier molecular flexibility index (Phi) is 6.40. The highest BCUT2D eigenvalue weighted by atomic mass is 35.5. The Hall–Kier alpha value is -0.710. The molecule has 0 aromatic heterocycles. The van der Waals surface area contributed by atoms with E-state index in [1.807, 2.05) is 6.07 Å². The van der Waals surface area contributed by atoms with Crippen LogP contribution in [0.2, 0.25) is 10.0 Å². The summed E-state index contributed by atoms with van der Waals surface area (Å²) in [5.74, 6) is -0.114. The monoisotopic (exact) mass is 269 g/mol. The third-order valence-electron chi connectivity index (χ3n) is 2.84. The molecule has 0 bridgehead atoms. The molecular formula is C14H17Cl2N. The van der Waals surface area contributed by atoms with E-state index in [0.29, 0.717) is 10.0 Å². The molecule has 1 nitrogen and oxygen atoms in total. The fraction of sp³-hybridized carbons (Fsp3) is 0.500. The Labute approximate surface area is 113 Å². The topological polar surface area (TPSA) is 23.8 Å². The van der Waals surface area contributed by atoms with Crippen LogP contribution in [-0.2, 0) is 0 Å². The van der Waals surface area contributed by atoms with Gasteiger partial charge < -0.3 is 0 Å². The molecule has 1 aromatic carbocycles. The van der Waals surface area contributed by atoms with Crippen molar-refractivity contribution in [2.75, 3.05) is 0 Å². The number of benzene rings is 1. The molecule has 1 rings (SSSR count). The summed E-state index contributed by atoms with van der Waals surface area (Å²) >= 11 is 12.0. The Morgan fingerprint density at radius 1 is 1.24 bits per heavy atom. The lowest BCUT2D eigenvalue weighted by molar-refractivity contribution is 0.608. The van der Waals surface area contributed by atoms with Gasteiger partial charge in [-0.2, -0.15) is 5.26 Å². The van der Waals surface area contributed by atoms with E-state index in [2.05, 4.69) is 13.0 Å². The maximum atomic E-state index is 9.19. The first-order valence-corrected chi connectivity index (χ1v) is 6.79. The van der Waals surface area contributed by atoms with E-state index >= 15 is 0 Å². The highest BCUT2D eigenvalue weighted by molar-refractivity contribution is 6.35. The second-order valence-electron chi connectivity index (χ2n) is 4.20. The van der Waals surface area contributed by atoms with Crippen LogP contribution in [0.4, 0.5) is 0 Å². The maximum absolute atomic E-state index is 9.19. The first-order valence-electron chi connectivity index (χ1n) is 6.03. The molecule has 0 radical (unpaired) electrons.